The number of hydrogen-bond donors (Lipinski definition) is 0. The van der Waals surface area contributed by atoms with Gasteiger partial charge in [-0.2, -0.15) is 0 Å². The molecule has 5 rings (SSSR count). The Balaban J connectivity index is 1.71. The SMILES string of the molecule is C1=CC(C2(C3C=CCC=C3)CC(c3ccccc3)c3ccccc32)C=CC1. The highest BCUT2D eigenvalue weighted by molar-refractivity contribution is 5.52. The summed E-state index contributed by atoms with van der Waals surface area (Å²) in [5.74, 6) is 1.35. The zero-order chi connectivity index (χ0) is 18.1. The van der Waals surface area contributed by atoms with Gasteiger partial charge in [0.15, 0.2) is 0 Å². The smallest absolute Gasteiger partial charge is 0.0159 e. The lowest BCUT2D eigenvalue weighted by Crippen LogP contribution is -2.38. The van der Waals surface area contributed by atoms with E-state index in [1.54, 1.807) is 5.56 Å². The average Bonchev–Trinajstić information content (AvgIpc) is 3.12. The van der Waals surface area contributed by atoms with E-state index in [0.29, 0.717) is 17.8 Å². The van der Waals surface area contributed by atoms with Gasteiger partial charge in [0, 0.05) is 23.2 Å². The quantitative estimate of drug-likeness (QED) is 0.539. The van der Waals surface area contributed by atoms with Crippen molar-refractivity contribution in [3.05, 3.63) is 120 Å². The van der Waals surface area contributed by atoms with E-state index >= 15 is 0 Å². The van der Waals surface area contributed by atoms with Crippen LogP contribution < -0.4 is 0 Å². The van der Waals surface area contributed by atoms with Gasteiger partial charge < -0.3 is 0 Å². The van der Waals surface area contributed by atoms with Crippen molar-refractivity contribution in [3.63, 3.8) is 0 Å². The maximum Gasteiger partial charge on any atom is 0.0159 e. The highest BCUT2D eigenvalue weighted by Crippen LogP contribution is 2.58. The third-order valence-corrected chi connectivity index (χ3v) is 6.69. The maximum atomic E-state index is 2.46. The van der Waals surface area contributed by atoms with Crippen LogP contribution in [-0.2, 0) is 5.41 Å². The third kappa shape index (κ3) is 2.67. The Morgan fingerprint density at radius 2 is 1.19 bits per heavy atom. The Bertz CT molecular complexity index is 872. The lowest BCUT2D eigenvalue weighted by atomic mass is 9.61. The number of benzene rings is 2. The van der Waals surface area contributed by atoms with Crippen LogP contribution in [0.15, 0.2) is 103 Å². The maximum absolute atomic E-state index is 2.46. The van der Waals surface area contributed by atoms with Crippen LogP contribution in [0.5, 0.6) is 0 Å². The Kier molecular flexibility index (Phi) is 4.20. The summed E-state index contributed by atoms with van der Waals surface area (Å²) in [6.45, 7) is 0. The largest absolute Gasteiger partial charge is 0.0841 e. The Morgan fingerprint density at radius 1 is 0.630 bits per heavy atom. The standard InChI is InChI=1S/C27H26/c1-4-12-21(13-5-1)25-20-27(22-14-6-2-7-15-22,23-16-8-3-9-17-23)26-19-11-10-18-24(25)26/h1,4-19,22-23,25H,2-3,20H2. The second-order valence-corrected chi connectivity index (χ2v) is 8.03. The van der Waals surface area contributed by atoms with E-state index in [4.69, 9.17) is 0 Å². The molecule has 27 heavy (non-hydrogen) atoms. The Morgan fingerprint density at radius 3 is 1.81 bits per heavy atom. The number of rotatable bonds is 3. The monoisotopic (exact) mass is 350 g/mol. The normalized spacial score (nSPS) is 23.6. The van der Waals surface area contributed by atoms with Gasteiger partial charge in [0.2, 0.25) is 0 Å². The highest BCUT2D eigenvalue weighted by Gasteiger charge is 2.51. The van der Waals surface area contributed by atoms with Gasteiger partial charge >= 0.3 is 0 Å². The molecule has 0 nitrogen and oxygen atoms in total. The van der Waals surface area contributed by atoms with E-state index in [2.05, 4.69) is 103 Å². The van der Waals surface area contributed by atoms with Crippen LogP contribution in [0.2, 0.25) is 0 Å². The van der Waals surface area contributed by atoms with Crippen LogP contribution in [0.25, 0.3) is 0 Å². The molecule has 0 amide bonds. The van der Waals surface area contributed by atoms with Crippen LogP contribution in [0.4, 0.5) is 0 Å². The van der Waals surface area contributed by atoms with Crippen LogP contribution in [0, 0.1) is 11.8 Å². The van der Waals surface area contributed by atoms with Crippen LogP contribution >= 0.6 is 0 Å². The summed E-state index contributed by atoms with van der Waals surface area (Å²) in [6, 6.07) is 20.3. The van der Waals surface area contributed by atoms with Gasteiger partial charge in [-0.15, -0.1) is 0 Å². The zero-order valence-corrected chi connectivity index (χ0v) is 15.7. The van der Waals surface area contributed by atoms with Gasteiger partial charge in [-0.25, -0.2) is 0 Å². The van der Waals surface area contributed by atoms with E-state index in [1.807, 2.05) is 0 Å². The molecule has 0 bridgehead atoms. The molecule has 134 valence electrons. The minimum absolute atomic E-state index is 0.0952. The van der Waals surface area contributed by atoms with Gasteiger partial charge in [-0.05, 0) is 36.0 Å². The molecular weight excluding hydrogens is 324 g/mol. The van der Waals surface area contributed by atoms with Crippen LogP contribution in [-0.4, -0.2) is 0 Å². The first kappa shape index (κ1) is 16.6. The molecule has 0 N–H and O–H groups in total. The number of hydrogen-bond acceptors (Lipinski definition) is 0. The van der Waals surface area contributed by atoms with Crippen molar-refractivity contribution in [2.24, 2.45) is 11.8 Å². The van der Waals surface area contributed by atoms with Crippen molar-refractivity contribution in [2.45, 2.75) is 30.6 Å². The molecule has 3 aliphatic carbocycles. The van der Waals surface area contributed by atoms with Gasteiger partial charge in [0.25, 0.3) is 0 Å². The summed E-state index contributed by atoms with van der Waals surface area (Å²) in [4.78, 5) is 0. The molecule has 1 atom stereocenters. The highest BCUT2D eigenvalue weighted by atomic mass is 14.5. The zero-order valence-electron chi connectivity index (χ0n) is 15.7. The van der Waals surface area contributed by atoms with Crippen LogP contribution in [0.1, 0.15) is 41.9 Å². The fourth-order valence-electron chi connectivity index (χ4n) is 5.49. The first-order valence-corrected chi connectivity index (χ1v) is 10.2. The van der Waals surface area contributed by atoms with E-state index in [0.717, 1.165) is 19.3 Å². The molecule has 0 spiro atoms. The molecule has 0 saturated heterocycles. The molecule has 0 saturated carbocycles. The second kappa shape index (κ2) is 6.85. The molecule has 0 aromatic heterocycles. The van der Waals surface area contributed by atoms with Crippen molar-refractivity contribution in [1.82, 2.24) is 0 Å². The van der Waals surface area contributed by atoms with Crippen molar-refractivity contribution in [2.75, 3.05) is 0 Å². The van der Waals surface area contributed by atoms with E-state index in [1.165, 1.54) is 11.1 Å². The van der Waals surface area contributed by atoms with Gasteiger partial charge in [-0.1, -0.05) is 103 Å². The Hall–Kier alpha value is -2.60. The minimum atomic E-state index is 0.0952. The van der Waals surface area contributed by atoms with Crippen LogP contribution in [0.3, 0.4) is 0 Å². The Labute approximate surface area is 162 Å². The summed E-state index contributed by atoms with van der Waals surface area (Å²) in [5, 5.41) is 0. The second-order valence-electron chi connectivity index (χ2n) is 8.03. The van der Waals surface area contributed by atoms with Gasteiger partial charge in [0.1, 0.15) is 0 Å². The molecule has 0 fully saturated rings. The van der Waals surface area contributed by atoms with E-state index in [-0.39, 0.29) is 5.41 Å². The molecule has 0 heterocycles. The van der Waals surface area contributed by atoms with E-state index < -0.39 is 0 Å². The van der Waals surface area contributed by atoms with Crippen molar-refractivity contribution >= 4 is 0 Å². The predicted octanol–water partition coefficient (Wildman–Crippen LogP) is 6.72. The van der Waals surface area contributed by atoms with Crippen molar-refractivity contribution in [1.29, 1.82) is 0 Å². The predicted molar refractivity (Wildman–Crippen MR) is 114 cm³/mol. The first-order valence-electron chi connectivity index (χ1n) is 10.2. The minimum Gasteiger partial charge on any atom is -0.0841 e. The first-order chi connectivity index (χ1) is 13.4. The molecular formula is C27H26. The lowest BCUT2D eigenvalue weighted by Gasteiger charge is -2.42. The molecule has 0 aliphatic heterocycles. The summed E-state index contributed by atoms with van der Waals surface area (Å²) < 4.78 is 0. The fraction of sp³-hybridized carbons (Fsp3) is 0.259. The van der Waals surface area contributed by atoms with Crippen molar-refractivity contribution < 1.29 is 0 Å². The third-order valence-electron chi connectivity index (χ3n) is 6.69. The number of fused-ring (bicyclic) bond motifs is 1. The topological polar surface area (TPSA) is 0 Å². The van der Waals surface area contributed by atoms with E-state index in [9.17, 15) is 0 Å². The molecule has 3 aliphatic rings. The average molecular weight is 351 g/mol. The molecule has 0 heteroatoms. The summed E-state index contributed by atoms with van der Waals surface area (Å²) in [6.07, 6.45) is 22.5. The fourth-order valence-corrected chi connectivity index (χ4v) is 5.49. The van der Waals surface area contributed by atoms with Gasteiger partial charge in [-0.3, -0.25) is 0 Å². The molecule has 2 aromatic carbocycles. The van der Waals surface area contributed by atoms with Crippen molar-refractivity contribution in [3.8, 4) is 0 Å². The molecule has 1 unspecified atom stereocenters. The summed E-state index contributed by atoms with van der Waals surface area (Å²) in [7, 11) is 0. The van der Waals surface area contributed by atoms with Gasteiger partial charge in [0.05, 0.1) is 0 Å². The summed E-state index contributed by atoms with van der Waals surface area (Å²) >= 11 is 0. The molecule has 2 aromatic rings. The number of allylic oxidation sites excluding steroid dienone is 8. The lowest BCUT2D eigenvalue weighted by molar-refractivity contribution is 0.294. The molecule has 0 radical (unpaired) electrons. The summed E-state index contributed by atoms with van der Waals surface area (Å²) in [5.41, 5.74) is 4.60.